The van der Waals surface area contributed by atoms with Gasteiger partial charge in [0.2, 0.25) is 0 Å². The van der Waals surface area contributed by atoms with Gasteiger partial charge in [-0.15, -0.1) is 27.7 Å². The number of aliphatic hydroxyl groups excluding tert-OH is 1. The third-order valence-corrected chi connectivity index (χ3v) is 5.88. The molecule has 0 bridgehead atoms. The van der Waals surface area contributed by atoms with Crippen molar-refractivity contribution in [3.63, 3.8) is 0 Å². The SMILES string of the molecule is CC1=C(P)C/C(=C(\O)C(=C=NC2CC2)C(=O)O)C(P)=C1P. The van der Waals surface area contributed by atoms with E-state index in [2.05, 4.69) is 38.6 Å². The van der Waals surface area contributed by atoms with Gasteiger partial charge in [-0.05, 0) is 41.3 Å². The van der Waals surface area contributed by atoms with Crippen molar-refractivity contribution in [2.45, 2.75) is 32.2 Å². The fourth-order valence-corrected chi connectivity index (χ4v) is 3.22. The molecule has 4 nitrogen and oxygen atoms in total. The Bertz CT molecular complexity index is 663. The first-order valence-corrected chi connectivity index (χ1v) is 8.25. The topological polar surface area (TPSA) is 69.9 Å². The van der Waals surface area contributed by atoms with Crippen molar-refractivity contribution < 1.29 is 15.0 Å². The first-order chi connectivity index (χ1) is 9.82. The molecule has 0 spiro atoms. The van der Waals surface area contributed by atoms with Crippen LogP contribution in [0.15, 0.2) is 43.4 Å². The number of carboxylic acids is 1. The lowest BCUT2D eigenvalue weighted by atomic mass is 9.98. The summed E-state index contributed by atoms with van der Waals surface area (Å²) in [4.78, 5) is 15.4. The number of nitrogens with zero attached hydrogens (tertiary/aromatic N) is 1. The first-order valence-electron chi connectivity index (χ1n) is 6.52. The van der Waals surface area contributed by atoms with E-state index in [-0.39, 0.29) is 17.4 Å². The van der Waals surface area contributed by atoms with Crippen molar-refractivity contribution >= 4 is 39.6 Å². The molecule has 0 amide bonds. The van der Waals surface area contributed by atoms with Crippen molar-refractivity contribution in [3.05, 3.63) is 38.4 Å². The summed E-state index contributed by atoms with van der Waals surface area (Å²) in [6.07, 6.45) is 2.40. The average Bonchev–Trinajstić information content (AvgIpc) is 3.24. The Kier molecular flexibility index (Phi) is 5.18. The zero-order chi connectivity index (χ0) is 15.7. The van der Waals surface area contributed by atoms with Gasteiger partial charge in [0.15, 0.2) is 5.57 Å². The van der Waals surface area contributed by atoms with E-state index < -0.39 is 5.97 Å². The molecule has 7 heteroatoms. The molecule has 2 N–H and O–H groups in total. The van der Waals surface area contributed by atoms with E-state index in [9.17, 15) is 15.0 Å². The van der Waals surface area contributed by atoms with Crippen LogP contribution in [0.5, 0.6) is 0 Å². The Hall–Kier alpha value is -0.770. The van der Waals surface area contributed by atoms with Crippen molar-refractivity contribution in [1.29, 1.82) is 0 Å². The highest BCUT2D eigenvalue weighted by Gasteiger charge is 2.24. The minimum absolute atomic E-state index is 0.159. The lowest BCUT2D eigenvalue weighted by molar-refractivity contribution is -0.132. The van der Waals surface area contributed by atoms with Gasteiger partial charge in [-0.3, -0.25) is 0 Å². The minimum atomic E-state index is -1.22. The van der Waals surface area contributed by atoms with Gasteiger partial charge in [0.25, 0.3) is 0 Å². The van der Waals surface area contributed by atoms with Gasteiger partial charge >= 0.3 is 5.97 Å². The van der Waals surface area contributed by atoms with Crippen molar-refractivity contribution in [2.24, 2.45) is 4.99 Å². The standard InChI is InChI=1S/C14H18NO3P3/c1-6-10(19)4-8(13(21)12(6)20)11(16)9(14(17)18)5-15-7-2-3-7/h7,16H,2-4,19-21H2,1H3,(H,17,18)/b11-8+. The highest BCUT2D eigenvalue weighted by atomic mass is 31.0. The molecule has 0 heterocycles. The molecule has 0 radical (unpaired) electrons. The molecular formula is C14H18NO3P3. The van der Waals surface area contributed by atoms with Crippen LogP contribution >= 0.6 is 27.7 Å². The second-order valence-corrected chi connectivity index (χ2v) is 6.99. The summed E-state index contributed by atoms with van der Waals surface area (Å²) in [5.41, 5.74) is 1.42. The second kappa shape index (κ2) is 6.55. The molecule has 2 aliphatic carbocycles. The smallest absolute Gasteiger partial charge is 0.349 e. The summed E-state index contributed by atoms with van der Waals surface area (Å²) in [6.45, 7) is 1.99. The largest absolute Gasteiger partial charge is 0.506 e. The van der Waals surface area contributed by atoms with Gasteiger partial charge in [0.05, 0.1) is 6.04 Å². The van der Waals surface area contributed by atoms with Crippen LogP contribution in [0.1, 0.15) is 26.2 Å². The Morgan fingerprint density at radius 2 is 1.86 bits per heavy atom. The monoisotopic (exact) mass is 341 g/mol. The molecular weight excluding hydrogens is 323 g/mol. The Balaban J connectivity index is 2.52. The zero-order valence-corrected chi connectivity index (χ0v) is 15.1. The van der Waals surface area contributed by atoms with Crippen LogP contribution in [0.2, 0.25) is 0 Å². The molecule has 0 aromatic heterocycles. The summed E-state index contributed by atoms with van der Waals surface area (Å²) in [5, 5.41) is 22.4. The van der Waals surface area contributed by atoms with Crippen molar-refractivity contribution in [2.75, 3.05) is 0 Å². The van der Waals surface area contributed by atoms with E-state index in [1.54, 1.807) is 0 Å². The predicted octanol–water partition coefficient (Wildman–Crippen LogP) is 3.16. The summed E-state index contributed by atoms with van der Waals surface area (Å²) >= 11 is 0. The highest BCUT2D eigenvalue weighted by Crippen LogP contribution is 2.44. The molecule has 0 aromatic rings. The molecule has 2 rings (SSSR count). The second-order valence-electron chi connectivity index (χ2n) is 5.13. The number of carboxylic acid groups (broad SMARTS) is 1. The van der Waals surface area contributed by atoms with Crippen LogP contribution < -0.4 is 0 Å². The van der Waals surface area contributed by atoms with E-state index in [0.717, 1.165) is 34.4 Å². The Morgan fingerprint density at radius 1 is 1.24 bits per heavy atom. The fraction of sp³-hybridized carbons (Fsp3) is 0.357. The molecule has 3 unspecified atom stereocenters. The summed E-state index contributed by atoms with van der Waals surface area (Å²) in [6, 6.07) is 0.159. The molecule has 21 heavy (non-hydrogen) atoms. The number of aliphatic hydroxyl groups is 1. The van der Waals surface area contributed by atoms with Crippen LogP contribution in [-0.2, 0) is 4.79 Å². The summed E-state index contributed by atoms with van der Waals surface area (Å²) in [7, 11) is 7.84. The fourth-order valence-electron chi connectivity index (χ4n) is 1.88. The van der Waals surface area contributed by atoms with Crippen LogP contribution in [0.25, 0.3) is 0 Å². The van der Waals surface area contributed by atoms with Crippen LogP contribution in [0, 0.1) is 0 Å². The molecule has 1 fully saturated rings. The number of rotatable bonds is 3. The number of hydrogen-bond acceptors (Lipinski definition) is 3. The Morgan fingerprint density at radius 3 is 2.38 bits per heavy atom. The number of hydrogen-bond donors (Lipinski definition) is 2. The maximum Gasteiger partial charge on any atom is 0.349 e. The Labute approximate surface area is 130 Å². The van der Waals surface area contributed by atoms with Gasteiger partial charge in [-0.1, -0.05) is 0 Å². The third-order valence-electron chi connectivity index (χ3n) is 3.51. The normalized spacial score (nSPS) is 21.1. The highest BCUT2D eigenvalue weighted by molar-refractivity contribution is 7.29. The number of aliphatic imine (C=N–C) groups is 1. The zero-order valence-electron chi connectivity index (χ0n) is 11.7. The lowest BCUT2D eigenvalue weighted by Gasteiger charge is -2.22. The molecule has 3 atom stereocenters. The van der Waals surface area contributed by atoms with E-state index in [0.29, 0.717) is 12.0 Å². The van der Waals surface area contributed by atoms with Crippen molar-refractivity contribution in [3.8, 4) is 0 Å². The maximum absolute atomic E-state index is 11.4. The molecule has 112 valence electrons. The van der Waals surface area contributed by atoms with Gasteiger partial charge in [-0.25, -0.2) is 9.79 Å². The maximum atomic E-state index is 11.4. The van der Waals surface area contributed by atoms with Crippen LogP contribution in [0.4, 0.5) is 0 Å². The summed E-state index contributed by atoms with van der Waals surface area (Å²) < 4.78 is 0. The number of allylic oxidation sites excluding steroid dienone is 5. The van der Waals surface area contributed by atoms with Gasteiger partial charge in [-0.2, -0.15) is 0 Å². The quantitative estimate of drug-likeness (QED) is 0.359. The van der Waals surface area contributed by atoms with E-state index in [1.807, 2.05) is 6.92 Å². The molecule has 0 aromatic carbocycles. The van der Waals surface area contributed by atoms with E-state index in [4.69, 9.17) is 0 Å². The van der Waals surface area contributed by atoms with Crippen LogP contribution in [-0.4, -0.2) is 28.1 Å². The van der Waals surface area contributed by atoms with E-state index >= 15 is 0 Å². The summed E-state index contributed by atoms with van der Waals surface area (Å²) in [5.74, 6) is 1.03. The lowest BCUT2D eigenvalue weighted by Crippen LogP contribution is -2.09. The van der Waals surface area contributed by atoms with E-state index in [1.165, 1.54) is 0 Å². The first kappa shape index (κ1) is 16.6. The van der Waals surface area contributed by atoms with Gasteiger partial charge in [0.1, 0.15) is 5.76 Å². The van der Waals surface area contributed by atoms with Gasteiger partial charge < -0.3 is 10.2 Å². The molecule has 0 aliphatic heterocycles. The molecule has 2 aliphatic rings. The number of aliphatic carboxylic acids is 1. The predicted molar refractivity (Wildman–Crippen MR) is 94.7 cm³/mol. The molecule has 1 saturated carbocycles. The number of carbonyl (C=O) groups is 1. The third kappa shape index (κ3) is 3.71. The van der Waals surface area contributed by atoms with Gasteiger partial charge in [0, 0.05) is 17.9 Å². The molecule has 0 saturated heterocycles. The minimum Gasteiger partial charge on any atom is -0.506 e. The van der Waals surface area contributed by atoms with Crippen LogP contribution in [0.3, 0.4) is 0 Å². The average molecular weight is 341 g/mol. The van der Waals surface area contributed by atoms with Crippen molar-refractivity contribution in [1.82, 2.24) is 0 Å².